The average molecular weight is 367 g/mol. The summed E-state index contributed by atoms with van der Waals surface area (Å²) in [6, 6.07) is 11.9. The van der Waals surface area contributed by atoms with Crippen molar-refractivity contribution in [3.8, 4) is 0 Å². The van der Waals surface area contributed by atoms with Gasteiger partial charge >= 0.3 is 0 Å². The Morgan fingerprint density at radius 2 is 1.87 bits per heavy atom. The normalized spacial score (nSPS) is 17.8. The van der Waals surface area contributed by atoms with Crippen molar-refractivity contribution >= 4 is 58.2 Å². The minimum Gasteiger partial charge on any atom is -0.399 e. The summed E-state index contributed by atoms with van der Waals surface area (Å²) in [5, 5.41) is 0.204. The van der Waals surface area contributed by atoms with Gasteiger partial charge in [-0.15, -0.1) is 11.8 Å². The van der Waals surface area contributed by atoms with Crippen LogP contribution in [-0.2, 0) is 9.59 Å². The van der Waals surface area contributed by atoms with Gasteiger partial charge in [-0.05, 0) is 36.4 Å². The van der Waals surface area contributed by atoms with Gasteiger partial charge in [0.05, 0.1) is 21.0 Å². The number of anilines is 2. The summed E-state index contributed by atoms with van der Waals surface area (Å²) in [5.74, 6) is -0.518. The Morgan fingerprint density at radius 1 is 1.09 bits per heavy atom. The molecule has 0 saturated carbocycles. The molecular formula is C16H12Cl2N2O2S. The predicted molar refractivity (Wildman–Crippen MR) is 94.1 cm³/mol. The third-order valence-electron chi connectivity index (χ3n) is 3.40. The van der Waals surface area contributed by atoms with Crippen LogP contribution in [0.4, 0.5) is 11.4 Å². The van der Waals surface area contributed by atoms with Gasteiger partial charge < -0.3 is 5.73 Å². The quantitative estimate of drug-likeness (QED) is 0.658. The molecule has 4 nitrogen and oxygen atoms in total. The van der Waals surface area contributed by atoms with Gasteiger partial charge in [0, 0.05) is 17.0 Å². The Hall–Kier alpha value is -1.69. The number of imide groups is 1. The Bertz CT molecular complexity index is 797. The molecule has 1 aliphatic rings. The van der Waals surface area contributed by atoms with Crippen LogP contribution in [0.2, 0.25) is 10.0 Å². The van der Waals surface area contributed by atoms with Gasteiger partial charge in [0.15, 0.2) is 0 Å². The maximum atomic E-state index is 12.6. The Kier molecular flexibility index (Phi) is 4.53. The number of hydrogen-bond acceptors (Lipinski definition) is 4. The first kappa shape index (κ1) is 16.2. The van der Waals surface area contributed by atoms with Gasteiger partial charge in [-0.2, -0.15) is 0 Å². The largest absolute Gasteiger partial charge is 0.399 e. The van der Waals surface area contributed by atoms with Crippen LogP contribution in [0.5, 0.6) is 0 Å². The van der Waals surface area contributed by atoms with E-state index in [-0.39, 0.29) is 18.2 Å². The lowest BCUT2D eigenvalue weighted by Crippen LogP contribution is -2.31. The summed E-state index contributed by atoms with van der Waals surface area (Å²) < 4.78 is 0. The minimum atomic E-state index is -0.473. The predicted octanol–water partition coefficient (Wildman–Crippen LogP) is 4.00. The molecule has 0 aliphatic carbocycles. The van der Waals surface area contributed by atoms with E-state index in [1.165, 1.54) is 17.8 Å². The third-order valence-corrected chi connectivity index (χ3v) is 5.32. The first-order valence-corrected chi connectivity index (χ1v) is 8.43. The highest BCUT2D eigenvalue weighted by molar-refractivity contribution is 8.00. The maximum Gasteiger partial charge on any atom is 0.247 e. The third kappa shape index (κ3) is 3.32. The van der Waals surface area contributed by atoms with Crippen LogP contribution in [-0.4, -0.2) is 17.1 Å². The number of thioether (sulfide) groups is 1. The van der Waals surface area contributed by atoms with Crippen molar-refractivity contribution in [1.82, 2.24) is 0 Å². The summed E-state index contributed by atoms with van der Waals surface area (Å²) in [7, 11) is 0. The van der Waals surface area contributed by atoms with Crippen molar-refractivity contribution in [2.45, 2.75) is 16.6 Å². The molecule has 0 aromatic heterocycles. The van der Waals surface area contributed by atoms with Crippen LogP contribution in [0.1, 0.15) is 6.42 Å². The first-order chi connectivity index (χ1) is 11.0. The standard InChI is InChI=1S/C16H12Cl2N2O2S/c17-12-5-4-10(7-13(12)18)20-15(21)8-14(16(20)22)23-11-3-1-2-9(19)6-11/h1-7,14H,8,19H2. The number of amides is 2. The van der Waals surface area contributed by atoms with E-state index in [2.05, 4.69) is 0 Å². The molecule has 7 heteroatoms. The minimum absolute atomic E-state index is 0.137. The lowest BCUT2D eigenvalue weighted by atomic mass is 10.3. The van der Waals surface area contributed by atoms with Crippen LogP contribution >= 0.6 is 35.0 Å². The number of nitrogen functional groups attached to an aromatic ring is 1. The Morgan fingerprint density at radius 3 is 2.57 bits per heavy atom. The van der Waals surface area contributed by atoms with Gasteiger partial charge in [0.1, 0.15) is 0 Å². The fourth-order valence-electron chi connectivity index (χ4n) is 2.34. The molecule has 1 aliphatic heterocycles. The SMILES string of the molecule is Nc1cccc(SC2CC(=O)N(c3ccc(Cl)c(Cl)c3)C2=O)c1. The number of nitrogens with two attached hydrogens (primary N) is 1. The van der Waals surface area contributed by atoms with E-state index in [9.17, 15) is 9.59 Å². The molecule has 0 radical (unpaired) electrons. The highest BCUT2D eigenvalue weighted by Gasteiger charge is 2.40. The van der Waals surface area contributed by atoms with Gasteiger partial charge in [0.2, 0.25) is 11.8 Å². The molecule has 2 N–H and O–H groups in total. The second-order valence-corrected chi connectivity index (χ2v) is 7.14. The smallest absolute Gasteiger partial charge is 0.247 e. The van der Waals surface area contributed by atoms with Crippen molar-refractivity contribution in [3.05, 3.63) is 52.5 Å². The summed E-state index contributed by atoms with van der Waals surface area (Å²) in [6.07, 6.45) is 0.137. The monoisotopic (exact) mass is 366 g/mol. The number of hydrogen-bond donors (Lipinski definition) is 1. The summed E-state index contributed by atoms with van der Waals surface area (Å²) in [4.78, 5) is 26.8. The van der Waals surface area contributed by atoms with Crippen molar-refractivity contribution in [1.29, 1.82) is 0 Å². The second-order valence-electron chi connectivity index (χ2n) is 5.05. The van der Waals surface area contributed by atoms with Crippen LogP contribution in [0.3, 0.4) is 0 Å². The zero-order valence-corrected chi connectivity index (χ0v) is 14.2. The molecular weight excluding hydrogens is 355 g/mol. The summed E-state index contributed by atoms with van der Waals surface area (Å²) in [6.45, 7) is 0. The summed E-state index contributed by atoms with van der Waals surface area (Å²) in [5.41, 5.74) is 6.80. The molecule has 2 aromatic rings. The number of nitrogens with zero attached hydrogens (tertiary/aromatic N) is 1. The molecule has 3 rings (SSSR count). The summed E-state index contributed by atoms with van der Waals surface area (Å²) >= 11 is 13.2. The zero-order valence-electron chi connectivity index (χ0n) is 11.8. The molecule has 2 amide bonds. The molecule has 1 heterocycles. The van der Waals surface area contributed by atoms with Gasteiger partial charge in [-0.3, -0.25) is 9.59 Å². The molecule has 0 bridgehead atoms. The first-order valence-electron chi connectivity index (χ1n) is 6.80. The number of carbonyl (C=O) groups is 2. The molecule has 2 aromatic carbocycles. The molecule has 1 atom stereocenters. The van der Waals surface area contributed by atoms with Crippen LogP contribution in [0.25, 0.3) is 0 Å². The van der Waals surface area contributed by atoms with Crippen molar-refractivity contribution in [3.63, 3.8) is 0 Å². The van der Waals surface area contributed by atoms with Gasteiger partial charge in [-0.25, -0.2) is 4.90 Å². The Labute approximate surface area is 147 Å². The van der Waals surface area contributed by atoms with E-state index in [0.717, 1.165) is 9.80 Å². The van der Waals surface area contributed by atoms with Gasteiger partial charge in [0.25, 0.3) is 0 Å². The molecule has 0 spiro atoms. The van der Waals surface area contributed by atoms with Crippen LogP contribution in [0.15, 0.2) is 47.4 Å². The van der Waals surface area contributed by atoms with E-state index < -0.39 is 5.25 Å². The van der Waals surface area contributed by atoms with E-state index >= 15 is 0 Å². The highest BCUT2D eigenvalue weighted by atomic mass is 35.5. The molecule has 23 heavy (non-hydrogen) atoms. The number of halogens is 2. The number of carbonyl (C=O) groups excluding carboxylic acids is 2. The van der Waals surface area contributed by atoms with Crippen molar-refractivity contribution < 1.29 is 9.59 Å². The molecule has 118 valence electrons. The van der Waals surface area contributed by atoms with Crippen molar-refractivity contribution in [2.75, 3.05) is 10.6 Å². The fraction of sp³-hybridized carbons (Fsp3) is 0.125. The fourth-order valence-corrected chi connectivity index (χ4v) is 3.76. The maximum absolute atomic E-state index is 12.6. The lowest BCUT2D eigenvalue weighted by Gasteiger charge is -2.15. The van der Waals surface area contributed by atoms with Crippen LogP contribution < -0.4 is 10.6 Å². The van der Waals surface area contributed by atoms with E-state index in [1.807, 2.05) is 12.1 Å². The highest BCUT2D eigenvalue weighted by Crippen LogP contribution is 2.36. The molecule has 1 fully saturated rings. The number of rotatable bonds is 3. The average Bonchev–Trinajstić information content (AvgIpc) is 2.77. The second kappa shape index (κ2) is 6.43. The van der Waals surface area contributed by atoms with Crippen LogP contribution in [0, 0.1) is 0 Å². The molecule has 1 unspecified atom stereocenters. The number of benzene rings is 2. The Balaban J connectivity index is 1.83. The van der Waals surface area contributed by atoms with E-state index in [1.54, 1.807) is 24.3 Å². The van der Waals surface area contributed by atoms with Gasteiger partial charge in [-0.1, -0.05) is 29.3 Å². The van der Waals surface area contributed by atoms with E-state index in [0.29, 0.717) is 21.4 Å². The zero-order chi connectivity index (χ0) is 16.6. The lowest BCUT2D eigenvalue weighted by molar-refractivity contribution is -0.121. The van der Waals surface area contributed by atoms with Crippen molar-refractivity contribution in [2.24, 2.45) is 0 Å². The van der Waals surface area contributed by atoms with E-state index in [4.69, 9.17) is 28.9 Å². The molecule has 1 saturated heterocycles. The topological polar surface area (TPSA) is 63.4 Å².